The number of carbonyl (C=O) groups excluding carboxylic acids is 1. The van der Waals surface area contributed by atoms with Gasteiger partial charge in [0.1, 0.15) is 5.60 Å². The van der Waals surface area contributed by atoms with Crippen LogP contribution in [0.2, 0.25) is 0 Å². The lowest BCUT2D eigenvalue weighted by atomic mass is 10.1. The van der Waals surface area contributed by atoms with Gasteiger partial charge in [-0.1, -0.05) is 0 Å². The van der Waals surface area contributed by atoms with E-state index in [4.69, 9.17) is 14.9 Å². The number of amides is 1. The van der Waals surface area contributed by atoms with Crippen molar-refractivity contribution in [3.63, 3.8) is 0 Å². The van der Waals surface area contributed by atoms with Crippen molar-refractivity contribution in [2.75, 3.05) is 6.54 Å². The molecule has 0 fully saturated rings. The lowest BCUT2D eigenvalue weighted by molar-refractivity contribution is 0.0527. The molecular weight excluding hydrogens is 272 g/mol. The number of nitrogens with one attached hydrogen (secondary N) is 1. The first-order valence-electron chi connectivity index (χ1n) is 7.01. The summed E-state index contributed by atoms with van der Waals surface area (Å²) in [5.74, 6) is 0. The summed E-state index contributed by atoms with van der Waals surface area (Å²) in [6.07, 6.45) is 1.03. The SMILES string of the molecule is CC(C)(C)OC(=O)NCCCc1cc(CO)nc(CO)c1. The second kappa shape index (κ2) is 7.95. The molecule has 0 aliphatic carbocycles. The monoisotopic (exact) mass is 296 g/mol. The van der Waals surface area contributed by atoms with Gasteiger partial charge in [-0.15, -0.1) is 0 Å². The first kappa shape index (κ1) is 17.4. The molecule has 0 radical (unpaired) electrons. The molecule has 0 aliphatic heterocycles. The third-order valence-corrected chi connectivity index (χ3v) is 2.63. The van der Waals surface area contributed by atoms with Gasteiger partial charge in [0.25, 0.3) is 0 Å². The Morgan fingerprint density at radius 3 is 2.29 bits per heavy atom. The Morgan fingerprint density at radius 1 is 1.24 bits per heavy atom. The van der Waals surface area contributed by atoms with Crippen LogP contribution in [0.15, 0.2) is 12.1 Å². The van der Waals surface area contributed by atoms with E-state index in [0.717, 1.165) is 18.4 Å². The number of aryl methyl sites for hydroxylation is 1. The molecule has 1 aromatic heterocycles. The largest absolute Gasteiger partial charge is 0.444 e. The number of aliphatic hydroxyl groups is 2. The Morgan fingerprint density at radius 2 is 1.81 bits per heavy atom. The van der Waals surface area contributed by atoms with Crippen LogP contribution >= 0.6 is 0 Å². The van der Waals surface area contributed by atoms with Crippen molar-refractivity contribution in [3.8, 4) is 0 Å². The molecule has 1 aromatic rings. The summed E-state index contributed by atoms with van der Waals surface area (Å²) in [4.78, 5) is 15.5. The Bertz CT molecular complexity index is 447. The molecule has 118 valence electrons. The Hall–Kier alpha value is -1.66. The molecule has 6 nitrogen and oxygen atoms in total. The quantitative estimate of drug-likeness (QED) is 0.692. The molecule has 6 heteroatoms. The number of nitrogens with zero attached hydrogens (tertiary/aromatic N) is 1. The molecular formula is C15H24N2O4. The molecule has 1 amide bonds. The Labute approximate surface area is 125 Å². The van der Waals surface area contributed by atoms with Gasteiger partial charge in [-0.25, -0.2) is 4.79 Å². The fraction of sp³-hybridized carbons (Fsp3) is 0.600. The average molecular weight is 296 g/mol. The fourth-order valence-corrected chi connectivity index (χ4v) is 1.82. The van der Waals surface area contributed by atoms with Gasteiger partial charge in [0.2, 0.25) is 0 Å². The van der Waals surface area contributed by atoms with Crippen molar-refractivity contribution in [1.82, 2.24) is 10.3 Å². The number of carbonyl (C=O) groups is 1. The highest BCUT2D eigenvalue weighted by Crippen LogP contribution is 2.09. The average Bonchev–Trinajstić information content (AvgIpc) is 2.41. The van der Waals surface area contributed by atoms with E-state index in [1.807, 2.05) is 20.8 Å². The summed E-state index contributed by atoms with van der Waals surface area (Å²) in [6, 6.07) is 3.60. The first-order chi connectivity index (χ1) is 9.84. The zero-order chi connectivity index (χ0) is 15.9. The molecule has 3 N–H and O–H groups in total. The molecule has 0 unspecified atom stereocenters. The minimum absolute atomic E-state index is 0.156. The molecule has 0 aliphatic rings. The van der Waals surface area contributed by atoms with Crippen LogP contribution in [0.25, 0.3) is 0 Å². The van der Waals surface area contributed by atoms with Crippen molar-refractivity contribution >= 4 is 6.09 Å². The second-order valence-corrected chi connectivity index (χ2v) is 5.81. The maximum atomic E-state index is 11.5. The van der Waals surface area contributed by atoms with E-state index in [0.29, 0.717) is 17.9 Å². The predicted molar refractivity (Wildman–Crippen MR) is 78.6 cm³/mol. The van der Waals surface area contributed by atoms with Crippen molar-refractivity contribution < 1.29 is 19.7 Å². The summed E-state index contributed by atoms with van der Waals surface area (Å²) in [7, 11) is 0. The van der Waals surface area contributed by atoms with E-state index in [1.54, 1.807) is 12.1 Å². The number of rotatable bonds is 6. The van der Waals surface area contributed by atoms with Gasteiger partial charge in [-0.2, -0.15) is 0 Å². The van der Waals surface area contributed by atoms with E-state index in [9.17, 15) is 4.79 Å². The molecule has 0 saturated carbocycles. The van der Waals surface area contributed by atoms with Crippen molar-refractivity contribution in [2.45, 2.75) is 52.4 Å². The highest BCUT2D eigenvalue weighted by molar-refractivity contribution is 5.67. The summed E-state index contributed by atoms with van der Waals surface area (Å²) in [6.45, 7) is 5.64. The number of hydrogen-bond acceptors (Lipinski definition) is 5. The Balaban J connectivity index is 2.40. The summed E-state index contributed by atoms with van der Waals surface area (Å²) < 4.78 is 5.14. The van der Waals surface area contributed by atoms with Crippen LogP contribution in [-0.2, 0) is 24.4 Å². The van der Waals surface area contributed by atoms with Crippen LogP contribution in [0.3, 0.4) is 0 Å². The van der Waals surface area contributed by atoms with Crippen molar-refractivity contribution in [2.24, 2.45) is 0 Å². The highest BCUT2D eigenvalue weighted by atomic mass is 16.6. The van der Waals surface area contributed by atoms with E-state index < -0.39 is 11.7 Å². The molecule has 0 saturated heterocycles. The summed E-state index contributed by atoms with van der Waals surface area (Å²) in [5, 5.41) is 20.9. The van der Waals surface area contributed by atoms with Crippen LogP contribution in [0.1, 0.15) is 44.1 Å². The van der Waals surface area contributed by atoms with Crippen molar-refractivity contribution in [1.29, 1.82) is 0 Å². The Kier molecular flexibility index (Phi) is 6.58. The smallest absolute Gasteiger partial charge is 0.407 e. The zero-order valence-corrected chi connectivity index (χ0v) is 12.8. The number of alkyl carbamates (subject to hydrolysis) is 1. The normalized spacial score (nSPS) is 11.3. The second-order valence-electron chi connectivity index (χ2n) is 5.81. The third kappa shape index (κ3) is 7.06. The van der Waals surface area contributed by atoms with Gasteiger partial charge < -0.3 is 20.3 Å². The maximum Gasteiger partial charge on any atom is 0.407 e. The number of aliphatic hydroxyl groups excluding tert-OH is 2. The summed E-state index contributed by atoms with van der Waals surface area (Å²) >= 11 is 0. The zero-order valence-electron chi connectivity index (χ0n) is 12.8. The maximum absolute atomic E-state index is 11.5. The molecule has 1 heterocycles. The first-order valence-corrected chi connectivity index (χ1v) is 7.01. The molecule has 0 atom stereocenters. The van der Waals surface area contributed by atoms with Gasteiger partial charge in [-0.05, 0) is 51.3 Å². The number of hydrogen-bond donors (Lipinski definition) is 3. The van der Waals surface area contributed by atoms with Crippen LogP contribution in [0, 0.1) is 0 Å². The minimum atomic E-state index is -0.499. The fourth-order valence-electron chi connectivity index (χ4n) is 1.82. The molecule has 1 rings (SSSR count). The number of pyridine rings is 1. The van der Waals surface area contributed by atoms with Gasteiger partial charge in [-0.3, -0.25) is 4.98 Å². The van der Waals surface area contributed by atoms with Gasteiger partial charge in [0.15, 0.2) is 0 Å². The molecule has 0 aromatic carbocycles. The van der Waals surface area contributed by atoms with Crippen molar-refractivity contribution in [3.05, 3.63) is 29.1 Å². The van der Waals surface area contributed by atoms with E-state index in [-0.39, 0.29) is 13.2 Å². The van der Waals surface area contributed by atoms with Gasteiger partial charge in [0.05, 0.1) is 24.6 Å². The predicted octanol–water partition coefficient (Wildman–Crippen LogP) is 1.52. The minimum Gasteiger partial charge on any atom is -0.444 e. The van der Waals surface area contributed by atoms with Crippen LogP contribution < -0.4 is 5.32 Å². The lowest BCUT2D eigenvalue weighted by Gasteiger charge is -2.19. The van der Waals surface area contributed by atoms with Gasteiger partial charge in [0, 0.05) is 6.54 Å². The van der Waals surface area contributed by atoms with E-state index in [2.05, 4.69) is 10.3 Å². The van der Waals surface area contributed by atoms with Crippen LogP contribution in [0.4, 0.5) is 4.79 Å². The van der Waals surface area contributed by atoms with Crippen LogP contribution in [-0.4, -0.2) is 33.4 Å². The van der Waals surface area contributed by atoms with E-state index in [1.165, 1.54) is 0 Å². The molecule has 0 spiro atoms. The topological polar surface area (TPSA) is 91.7 Å². The number of aromatic nitrogens is 1. The van der Waals surface area contributed by atoms with Crippen LogP contribution in [0.5, 0.6) is 0 Å². The summed E-state index contributed by atoms with van der Waals surface area (Å²) in [5.41, 5.74) is 1.55. The van der Waals surface area contributed by atoms with E-state index >= 15 is 0 Å². The highest BCUT2D eigenvalue weighted by Gasteiger charge is 2.15. The molecule has 0 bridgehead atoms. The lowest BCUT2D eigenvalue weighted by Crippen LogP contribution is -2.33. The molecule has 21 heavy (non-hydrogen) atoms. The van der Waals surface area contributed by atoms with Gasteiger partial charge >= 0.3 is 6.09 Å². The standard InChI is InChI=1S/C15H24N2O4/c1-15(2,3)21-14(20)16-6-4-5-11-7-12(9-18)17-13(8-11)10-19/h7-8,18-19H,4-6,9-10H2,1-3H3,(H,16,20). The number of ether oxygens (including phenoxy) is 1. The third-order valence-electron chi connectivity index (χ3n) is 2.63.